The summed E-state index contributed by atoms with van der Waals surface area (Å²) in [6.45, 7) is 4.67. The second-order valence-corrected chi connectivity index (χ2v) is 15.2. The Morgan fingerprint density at radius 3 is 1.84 bits per heavy atom. The molecule has 0 unspecified atom stereocenters. The molecule has 1 aliphatic carbocycles. The summed E-state index contributed by atoms with van der Waals surface area (Å²) >= 11 is 0. The molecule has 0 radical (unpaired) electrons. The molecule has 0 fully saturated rings. The lowest BCUT2D eigenvalue weighted by Crippen LogP contribution is -2.14. The van der Waals surface area contributed by atoms with Gasteiger partial charge >= 0.3 is 0 Å². The van der Waals surface area contributed by atoms with Crippen molar-refractivity contribution in [3.05, 3.63) is 187 Å². The van der Waals surface area contributed by atoms with E-state index in [2.05, 4.69) is 177 Å². The summed E-state index contributed by atoms with van der Waals surface area (Å²) in [4.78, 5) is 15.2. The minimum atomic E-state index is -0.0487. The molecule has 2 aromatic heterocycles. The Balaban J connectivity index is 1.07. The van der Waals surface area contributed by atoms with Crippen LogP contribution in [0.15, 0.2) is 176 Å². The molecule has 0 amide bonds. The summed E-state index contributed by atoms with van der Waals surface area (Å²) < 4.78 is 0. The van der Waals surface area contributed by atoms with Crippen LogP contribution in [0.5, 0.6) is 0 Å². The predicted octanol–water partition coefficient (Wildman–Crippen LogP) is 13.4. The number of hydrogen-bond acceptors (Lipinski definition) is 3. The molecular weight excluding hydrogens is 667 g/mol. The molecule has 1 aliphatic rings. The minimum Gasteiger partial charge on any atom is -0.264 e. The van der Waals surface area contributed by atoms with Crippen LogP contribution in [-0.4, -0.2) is 15.0 Å². The lowest BCUT2D eigenvalue weighted by molar-refractivity contribution is 0.660. The fourth-order valence-electron chi connectivity index (χ4n) is 8.98. The van der Waals surface area contributed by atoms with E-state index in [0.717, 1.165) is 44.6 Å². The van der Waals surface area contributed by atoms with Gasteiger partial charge in [0.05, 0.1) is 11.4 Å². The van der Waals surface area contributed by atoms with Gasteiger partial charge < -0.3 is 0 Å². The lowest BCUT2D eigenvalue weighted by Gasteiger charge is -2.22. The fourth-order valence-corrected chi connectivity index (χ4v) is 8.98. The largest absolute Gasteiger partial charge is 0.264 e. The zero-order chi connectivity index (χ0) is 36.7. The highest BCUT2D eigenvalue weighted by Crippen LogP contribution is 2.49. The van der Waals surface area contributed by atoms with Crippen molar-refractivity contribution in [1.29, 1.82) is 0 Å². The zero-order valence-electron chi connectivity index (χ0n) is 30.6. The van der Waals surface area contributed by atoms with Gasteiger partial charge in [0.15, 0.2) is 5.82 Å². The maximum Gasteiger partial charge on any atom is 0.161 e. The fraction of sp³-hybridized carbons (Fsp3) is 0.0577. The predicted molar refractivity (Wildman–Crippen MR) is 228 cm³/mol. The number of benzene rings is 8. The molecule has 0 atom stereocenters. The Hall–Kier alpha value is -6.97. The third-order valence-electron chi connectivity index (χ3n) is 11.8. The Bertz CT molecular complexity index is 3090. The van der Waals surface area contributed by atoms with Gasteiger partial charge in [0.1, 0.15) is 0 Å². The van der Waals surface area contributed by atoms with Gasteiger partial charge in [0, 0.05) is 40.1 Å². The standard InChI is InChI=1S/C52H35N3/c1-52(2)45-15-6-5-13-40(45)41-25-24-37(29-46(41)52)32-16-18-33(19-17-32)47-30-48(42-14-4-3-12-39(42)38-11-8-28-53-31-38)55-51(54-47)44-27-23-36-21-20-34-9-7-10-35-22-26-43(44)50(36)49(34)35/h3-31H,1-2H3. The van der Waals surface area contributed by atoms with Crippen molar-refractivity contribution in [2.45, 2.75) is 19.3 Å². The number of hydrogen-bond donors (Lipinski definition) is 0. The molecule has 10 aromatic rings. The first kappa shape index (κ1) is 31.5. The average Bonchev–Trinajstić information content (AvgIpc) is 3.48. The quantitative estimate of drug-likeness (QED) is 0.168. The summed E-state index contributed by atoms with van der Waals surface area (Å²) in [5.74, 6) is 0.705. The van der Waals surface area contributed by atoms with Gasteiger partial charge in [-0.05, 0) is 95.5 Å². The van der Waals surface area contributed by atoms with E-state index in [1.807, 2.05) is 18.5 Å². The Labute approximate surface area is 320 Å². The van der Waals surface area contributed by atoms with Crippen LogP contribution in [-0.2, 0) is 5.41 Å². The van der Waals surface area contributed by atoms with Crippen molar-refractivity contribution in [2.75, 3.05) is 0 Å². The van der Waals surface area contributed by atoms with Crippen molar-refractivity contribution in [3.63, 3.8) is 0 Å². The van der Waals surface area contributed by atoms with E-state index >= 15 is 0 Å². The third kappa shape index (κ3) is 4.93. The molecule has 0 aliphatic heterocycles. The number of pyridine rings is 1. The highest BCUT2D eigenvalue weighted by atomic mass is 14.9. The van der Waals surface area contributed by atoms with Crippen molar-refractivity contribution < 1.29 is 0 Å². The summed E-state index contributed by atoms with van der Waals surface area (Å²) in [7, 11) is 0. The van der Waals surface area contributed by atoms with Crippen molar-refractivity contribution in [1.82, 2.24) is 15.0 Å². The Kier molecular flexibility index (Phi) is 6.90. The molecule has 11 rings (SSSR count). The molecule has 0 N–H and O–H groups in total. The first-order valence-corrected chi connectivity index (χ1v) is 18.9. The van der Waals surface area contributed by atoms with Gasteiger partial charge in [-0.15, -0.1) is 0 Å². The van der Waals surface area contributed by atoms with Crippen LogP contribution >= 0.6 is 0 Å². The van der Waals surface area contributed by atoms with Gasteiger partial charge in [-0.2, -0.15) is 0 Å². The van der Waals surface area contributed by atoms with Crippen LogP contribution in [0.4, 0.5) is 0 Å². The molecule has 3 heteroatoms. The molecule has 258 valence electrons. The number of nitrogens with zero attached hydrogens (tertiary/aromatic N) is 3. The van der Waals surface area contributed by atoms with E-state index < -0.39 is 0 Å². The molecule has 2 heterocycles. The topological polar surface area (TPSA) is 38.7 Å². The lowest BCUT2D eigenvalue weighted by atomic mass is 9.81. The highest BCUT2D eigenvalue weighted by molar-refractivity contribution is 6.25. The zero-order valence-corrected chi connectivity index (χ0v) is 30.6. The molecule has 55 heavy (non-hydrogen) atoms. The van der Waals surface area contributed by atoms with E-state index in [4.69, 9.17) is 9.97 Å². The van der Waals surface area contributed by atoms with Gasteiger partial charge in [0.2, 0.25) is 0 Å². The van der Waals surface area contributed by atoms with Crippen molar-refractivity contribution in [2.24, 2.45) is 0 Å². The average molecular weight is 702 g/mol. The minimum absolute atomic E-state index is 0.0487. The second kappa shape index (κ2) is 12.0. The number of fused-ring (bicyclic) bond motifs is 3. The molecule has 0 saturated carbocycles. The third-order valence-corrected chi connectivity index (χ3v) is 11.8. The van der Waals surface area contributed by atoms with Crippen LogP contribution in [0, 0.1) is 0 Å². The first-order valence-electron chi connectivity index (χ1n) is 18.9. The summed E-state index contributed by atoms with van der Waals surface area (Å²) in [5.41, 5.74) is 14.8. The van der Waals surface area contributed by atoms with Crippen LogP contribution < -0.4 is 0 Å². The molecule has 3 nitrogen and oxygen atoms in total. The van der Waals surface area contributed by atoms with Crippen LogP contribution in [0.1, 0.15) is 25.0 Å². The first-order chi connectivity index (χ1) is 27.0. The summed E-state index contributed by atoms with van der Waals surface area (Å²) in [6, 6.07) is 59.2. The molecule has 0 spiro atoms. The molecule has 0 saturated heterocycles. The summed E-state index contributed by atoms with van der Waals surface area (Å²) in [6.07, 6.45) is 3.73. The summed E-state index contributed by atoms with van der Waals surface area (Å²) in [5, 5.41) is 7.39. The van der Waals surface area contributed by atoms with E-state index in [-0.39, 0.29) is 5.41 Å². The highest BCUT2D eigenvalue weighted by Gasteiger charge is 2.35. The monoisotopic (exact) mass is 701 g/mol. The van der Waals surface area contributed by atoms with E-state index in [1.165, 1.54) is 60.3 Å². The van der Waals surface area contributed by atoms with E-state index in [1.54, 1.807) is 0 Å². The number of rotatable bonds is 5. The Morgan fingerprint density at radius 2 is 1.04 bits per heavy atom. The Morgan fingerprint density at radius 1 is 0.400 bits per heavy atom. The van der Waals surface area contributed by atoms with Gasteiger partial charge in [-0.1, -0.05) is 153 Å². The van der Waals surface area contributed by atoms with Gasteiger partial charge in [0.25, 0.3) is 0 Å². The smallest absolute Gasteiger partial charge is 0.161 e. The van der Waals surface area contributed by atoms with Crippen LogP contribution in [0.2, 0.25) is 0 Å². The van der Waals surface area contributed by atoms with Crippen molar-refractivity contribution in [3.8, 4) is 67.3 Å². The van der Waals surface area contributed by atoms with Gasteiger partial charge in [-0.25, -0.2) is 9.97 Å². The van der Waals surface area contributed by atoms with Gasteiger partial charge in [-0.3, -0.25) is 4.98 Å². The van der Waals surface area contributed by atoms with Crippen LogP contribution in [0.3, 0.4) is 0 Å². The molecular formula is C52H35N3. The van der Waals surface area contributed by atoms with Crippen LogP contribution in [0.25, 0.3) is 99.6 Å². The van der Waals surface area contributed by atoms with Crippen molar-refractivity contribution >= 4 is 32.3 Å². The van der Waals surface area contributed by atoms with E-state index in [0.29, 0.717) is 5.82 Å². The maximum absolute atomic E-state index is 5.37. The molecule has 8 aromatic carbocycles. The SMILES string of the molecule is CC1(C)c2ccccc2-c2ccc(-c3ccc(-c4cc(-c5ccccc5-c5cccnc5)nc(-c5ccc6ccc7cccc8ccc5c6c78)n4)cc3)cc21. The maximum atomic E-state index is 5.37. The van der Waals surface area contributed by atoms with E-state index in [9.17, 15) is 0 Å². The normalized spacial score (nSPS) is 13.1. The number of aromatic nitrogens is 3. The second-order valence-electron chi connectivity index (χ2n) is 15.2. The molecule has 0 bridgehead atoms.